The second kappa shape index (κ2) is 7.75. The van der Waals surface area contributed by atoms with Crippen LogP contribution in [0.5, 0.6) is 0 Å². The first-order valence-electron chi connectivity index (χ1n) is 8.53. The fraction of sp³-hybridized carbons (Fsp3) is 0.190. The number of nitriles is 1. The zero-order chi connectivity index (χ0) is 19.4. The molecule has 0 aliphatic rings. The Morgan fingerprint density at radius 1 is 1.19 bits per heavy atom. The Balaban J connectivity index is 1.63. The van der Waals surface area contributed by atoms with Crippen LogP contribution in [0.2, 0.25) is 0 Å². The Labute approximate surface area is 157 Å². The van der Waals surface area contributed by atoms with Crippen molar-refractivity contribution in [2.24, 2.45) is 0 Å². The van der Waals surface area contributed by atoms with Gasteiger partial charge in [0.1, 0.15) is 6.54 Å². The molecule has 2 aromatic carbocycles. The highest BCUT2D eigenvalue weighted by atomic mass is 16.5. The van der Waals surface area contributed by atoms with Crippen molar-refractivity contribution in [3.8, 4) is 6.07 Å². The highest BCUT2D eigenvalue weighted by Crippen LogP contribution is 2.19. The number of aryl methyl sites for hydroxylation is 1. The molecule has 0 aliphatic heterocycles. The summed E-state index contributed by atoms with van der Waals surface area (Å²) in [6.07, 6.45) is -0.953. The summed E-state index contributed by atoms with van der Waals surface area (Å²) in [6, 6.07) is 18.3. The summed E-state index contributed by atoms with van der Waals surface area (Å²) in [5.41, 5.74) is 2.80. The predicted octanol–water partition coefficient (Wildman–Crippen LogP) is 3.39. The third-order valence-electron chi connectivity index (χ3n) is 4.24. The number of hydrogen-bond donors (Lipinski definition) is 1. The van der Waals surface area contributed by atoms with E-state index >= 15 is 0 Å². The summed E-state index contributed by atoms with van der Waals surface area (Å²) >= 11 is 0. The normalized spacial score (nSPS) is 11.6. The number of amides is 1. The van der Waals surface area contributed by atoms with Gasteiger partial charge in [-0.3, -0.25) is 9.59 Å². The number of ether oxygens (including phenoxy) is 1. The number of fused-ring (bicyclic) bond motifs is 1. The van der Waals surface area contributed by atoms with E-state index in [9.17, 15) is 9.59 Å². The second-order valence-corrected chi connectivity index (χ2v) is 6.24. The molecule has 0 aliphatic carbocycles. The van der Waals surface area contributed by atoms with E-state index < -0.39 is 18.0 Å². The van der Waals surface area contributed by atoms with Gasteiger partial charge in [0, 0.05) is 16.9 Å². The number of hydrogen-bond acceptors (Lipinski definition) is 4. The molecule has 6 heteroatoms. The van der Waals surface area contributed by atoms with Crippen molar-refractivity contribution in [3.05, 3.63) is 65.9 Å². The number of nitrogens with one attached hydrogen (secondary N) is 1. The van der Waals surface area contributed by atoms with Crippen molar-refractivity contribution in [1.82, 2.24) is 4.57 Å². The number of benzene rings is 2. The first-order valence-corrected chi connectivity index (χ1v) is 8.53. The number of anilines is 1. The molecule has 3 rings (SSSR count). The Morgan fingerprint density at radius 3 is 2.74 bits per heavy atom. The molecule has 1 heterocycles. The fourth-order valence-corrected chi connectivity index (χ4v) is 2.89. The van der Waals surface area contributed by atoms with Gasteiger partial charge in [0.15, 0.2) is 6.10 Å². The lowest BCUT2D eigenvalue weighted by atomic mass is 10.2. The average molecular weight is 361 g/mol. The molecule has 0 saturated carbocycles. The van der Waals surface area contributed by atoms with E-state index in [2.05, 4.69) is 5.32 Å². The molecule has 0 spiro atoms. The summed E-state index contributed by atoms with van der Waals surface area (Å²) in [6.45, 7) is 3.47. The molecular formula is C21H19N3O3. The number of carbonyl (C=O) groups excluding carboxylic acids is 2. The molecule has 136 valence electrons. The van der Waals surface area contributed by atoms with Crippen LogP contribution >= 0.6 is 0 Å². The molecule has 27 heavy (non-hydrogen) atoms. The maximum absolute atomic E-state index is 12.3. The molecule has 3 aromatic rings. The lowest BCUT2D eigenvalue weighted by Gasteiger charge is -2.15. The first-order chi connectivity index (χ1) is 13.0. The van der Waals surface area contributed by atoms with Crippen LogP contribution in [-0.2, 0) is 20.9 Å². The molecule has 0 fully saturated rings. The highest BCUT2D eigenvalue weighted by Gasteiger charge is 2.19. The minimum atomic E-state index is -0.953. The van der Waals surface area contributed by atoms with Gasteiger partial charge < -0.3 is 14.6 Å². The number of nitrogens with zero attached hydrogens (tertiary/aromatic N) is 2. The summed E-state index contributed by atoms with van der Waals surface area (Å²) in [5, 5.41) is 12.6. The third-order valence-corrected chi connectivity index (χ3v) is 4.24. The van der Waals surface area contributed by atoms with Gasteiger partial charge in [-0.25, -0.2) is 0 Å². The molecule has 1 unspecified atom stereocenters. The van der Waals surface area contributed by atoms with E-state index in [0.717, 1.165) is 16.6 Å². The highest BCUT2D eigenvalue weighted by molar-refractivity contribution is 5.95. The molecule has 0 saturated heterocycles. The molecular weight excluding hydrogens is 342 g/mol. The van der Waals surface area contributed by atoms with Crippen LogP contribution in [0.15, 0.2) is 54.6 Å². The SMILES string of the molecule is Cc1cc2ccccc2n1CC(=O)OC(C)C(=O)Nc1cccc(C#N)c1. The molecule has 0 radical (unpaired) electrons. The van der Waals surface area contributed by atoms with Gasteiger partial charge in [-0.15, -0.1) is 0 Å². The van der Waals surface area contributed by atoms with Gasteiger partial charge in [0.05, 0.1) is 11.6 Å². The van der Waals surface area contributed by atoms with Crippen molar-refractivity contribution in [3.63, 3.8) is 0 Å². The summed E-state index contributed by atoms with van der Waals surface area (Å²) < 4.78 is 7.14. The van der Waals surface area contributed by atoms with E-state index in [0.29, 0.717) is 11.3 Å². The fourth-order valence-electron chi connectivity index (χ4n) is 2.89. The Bertz CT molecular complexity index is 1050. The van der Waals surface area contributed by atoms with Crippen LogP contribution in [0.1, 0.15) is 18.2 Å². The topological polar surface area (TPSA) is 84.1 Å². The van der Waals surface area contributed by atoms with E-state index in [1.54, 1.807) is 24.3 Å². The van der Waals surface area contributed by atoms with E-state index in [1.165, 1.54) is 6.92 Å². The maximum Gasteiger partial charge on any atom is 0.326 e. The van der Waals surface area contributed by atoms with Gasteiger partial charge in [-0.05, 0) is 49.6 Å². The van der Waals surface area contributed by atoms with E-state index in [4.69, 9.17) is 10.00 Å². The minimum absolute atomic E-state index is 0.0287. The molecule has 1 N–H and O–H groups in total. The first kappa shape index (κ1) is 18.2. The predicted molar refractivity (Wildman–Crippen MR) is 102 cm³/mol. The zero-order valence-electron chi connectivity index (χ0n) is 15.1. The number of para-hydroxylation sites is 1. The number of aromatic nitrogens is 1. The second-order valence-electron chi connectivity index (χ2n) is 6.24. The Kier molecular flexibility index (Phi) is 5.23. The molecule has 1 amide bonds. The summed E-state index contributed by atoms with van der Waals surface area (Å²) in [4.78, 5) is 24.6. The lowest BCUT2D eigenvalue weighted by molar-refractivity contribution is -0.153. The monoisotopic (exact) mass is 361 g/mol. The molecule has 0 bridgehead atoms. The van der Waals surface area contributed by atoms with Crippen molar-refractivity contribution in [1.29, 1.82) is 5.26 Å². The largest absolute Gasteiger partial charge is 0.451 e. The number of carbonyl (C=O) groups is 2. The maximum atomic E-state index is 12.3. The van der Waals surface area contributed by atoms with Crippen LogP contribution in [0.4, 0.5) is 5.69 Å². The number of rotatable bonds is 5. The third kappa shape index (κ3) is 4.15. The van der Waals surface area contributed by atoms with Gasteiger partial charge in [-0.1, -0.05) is 24.3 Å². The van der Waals surface area contributed by atoms with Gasteiger partial charge in [0.25, 0.3) is 5.91 Å². The summed E-state index contributed by atoms with van der Waals surface area (Å²) in [7, 11) is 0. The van der Waals surface area contributed by atoms with Gasteiger partial charge >= 0.3 is 5.97 Å². The van der Waals surface area contributed by atoms with Crippen molar-refractivity contribution < 1.29 is 14.3 Å². The van der Waals surface area contributed by atoms with Crippen LogP contribution in [-0.4, -0.2) is 22.5 Å². The van der Waals surface area contributed by atoms with Gasteiger partial charge in [-0.2, -0.15) is 5.26 Å². The Morgan fingerprint density at radius 2 is 1.96 bits per heavy atom. The summed E-state index contributed by atoms with van der Waals surface area (Å²) in [5.74, 6) is -0.944. The van der Waals surface area contributed by atoms with E-state index in [1.807, 2.05) is 47.9 Å². The number of esters is 1. The Hall–Kier alpha value is -3.59. The quantitative estimate of drug-likeness (QED) is 0.706. The molecule has 1 aromatic heterocycles. The van der Waals surface area contributed by atoms with Crippen molar-refractivity contribution >= 4 is 28.5 Å². The molecule has 1 atom stereocenters. The average Bonchev–Trinajstić information content (AvgIpc) is 2.97. The van der Waals surface area contributed by atoms with Crippen LogP contribution in [0.3, 0.4) is 0 Å². The standard InChI is InChI=1S/C21H19N3O3/c1-14-10-17-7-3-4-9-19(17)24(14)13-20(25)27-15(2)21(26)23-18-8-5-6-16(11-18)12-22/h3-11,15H,13H2,1-2H3,(H,23,26). The van der Waals surface area contributed by atoms with Crippen molar-refractivity contribution in [2.45, 2.75) is 26.5 Å². The van der Waals surface area contributed by atoms with Crippen LogP contribution in [0, 0.1) is 18.3 Å². The van der Waals surface area contributed by atoms with Crippen molar-refractivity contribution in [2.75, 3.05) is 5.32 Å². The van der Waals surface area contributed by atoms with Gasteiger partial charge in [0.2, 0.25) is 0 Å². The van der Waals surface area contributed by atoms with Crippen LogP contribution in [0.25, 0.3) is 10.9 Å². The van der Waals surface area contributed by atoms with E-state index in [-0.39, 0.29) is 6.54 Å². The zero-order valence-corrected chi connectivity index (χ0v) is 15.1. The minimum Gasteiger partial charge on any atom is -0.451 e. The smallest absolute Gasteiger partial charge is 0.326 e. The lowest BCUT2D eigenvalue weighted by Crippen LogP contribution is -2.31. The molecule has 6 nitrogen and oxygen atoms in total. The van der Waals surface area contributed by atoms with Crippen LogP contribution < -0.4 is 5.32 Å².